The lowest BCUT2D eigenvalue weighted by Crippen LogP contribution is -1.62. The Kier molecular flexibility index (Phi) is 1.74. The highest BCUT2D eigenvalue weighted by Crippen LogP contribution is 1.69. The molecule has 0 radical (unpaired) electrons. The summed E-state index contributed by atoms with van der Waals surface area (Å²) >= 11 is 0. The highest BCUT2D eigenvalue weighted by Gasteiger charge is 1.58. The third kappa shape index (κ3) is 1.47. The quantitative estimate of drug-likeness (QED) is 0.543. The minimum absolute atomic E-state index is 1.46. The monoisotopic (exact) mass is 110 g/mol. The number of aromatic amines is 1. The standard InChI is InChI=1S/C5H6N2O/c1-2-6-4-5-8-7-3-1/h1-5,7H. The fourth-order valence-electron chi connectivity index (χ4n) is 0.326. The Bertz CT molecular complexity index is 115. The average molecular weight is 110 g/mol. The summed E-state index contributed by atoms with van der Waals surface area (Å²) in [5.41, 5.74) is 0. The van der Waals surface area contributed by atoms with Gasteiger partial charge in [0.05, 0.1) is 6.20 Å². The van der Waals surface area contributed by atoms with Crippen LogP contribution in [0.1, 0.15) is 0 Å². The number of H-pyrrole nitrogens is 1. The second-order valence-corrected chi connectivity index (χ2v) is 1.18. The predicted molar refractivity (Wildman–Crippen MR) is 28.5 cm³/mol. The number of hydrogen-bond acceptors (Lipinski definition) is 2. The molecule has 0 saturated carbocycles. The summed E-state index contributed by atoms with van der Waals surface area (Å²) in [6.07, 6.45) is 6.32. The van der Waals surface area contributed by atoms with Crippen molar-refractivity contribution in [3.63, 3.8) is 0 Å². The number of hydrogen-bond donors (Lipinski definition) is 1. The van der Waals surface area contributed by atoms with Crippen LogP contribution in [0.15, 0.2) is 35.4 Å². The molecule has 0 amide bonds. The van der Waals surface area contributed by atoms with E-state index in [1.165, 1.54) is 6.26 Å². The molecule has 1 aromatic heterocycles. The molecule has 0 fully saturated rings. The Hall–Kier alpha value is -1.25. The van der Waals surface area contributed by atoms with Crippen LogP contribution in [0.2, 0.25) is 0 Å². The summed E-state index contributed by atoms with van der Waals surface area (Å²) in [5, 5.41) is 2.53. The molecule has 42 valence electrons. The zero-order valence-electron chi connectivity index (χ0n) is 4.24. The Morgan fingerprint density at radius 3 is 3.38 bits per heavy atom. The van der Waals surface area contributed by atoms with Crippen molar-refractivity contribution in [2.45, 2.75) is 0 Å². The van der Waals surface area contributed by atoms with Gasteiger partial charge in [0.1, 0.15) is 6.26 Å². The Balaban J connectivity index is 3.00. The van der Waals surface area contributed by atoms with Crippen molar-refractivity contribution >= 4 is 0 Å². The van der Waals surface area contributed by atoms with Gasteiger partial charge in [0.25, 0.3) is 0 Å². The van der Waals surface area contributed by atoms with E-state index in [1.54, 1.807) is 24.7 Å². The molecule has 1 N–H and O–H groups in total. The number of nitrogens with one attached hydrogen (secondary N) is 1. The van der Waals surface area contributed by atoms with Crippen molar-refractivity contribution in [1.82, 2.24) is 10.1 Å². The van der Waals surface area contributed by atoms with E-state index in [4.69, 9.17) is 0 Å². The Labute approximate surface area is 46.6 Å². The maximum Gasteiger partial charge on any atom is 0.137 e. The van der Waals surface area contributed by atoms with E-state index in [-0.39, 0.29) is 0 Å². The third-order valence-corrected chi connectivity index (χ3v) is 0.619. The normalized spacial score (nSPS) is 8.00. The number of rotatable bonds is 0. The number of nitrogens with zero attached hydrogens (tertiary/aromatic N) is 1. The highest BCUT2D eigenvalue weighted by molar-refractivity contribution is 4.71. The van der Waals surface area contributed by atoms with Crippen molar-refractivity contribution in [3.8, 4) is 0 Å². The van der Waals surface area contributed by atoms with Crippen molar-refractivity contribution < 1.29 is 4.52 Å². The fourth-order valence-corrected chi connectivity index (χ4v) is 0.326. The molecular formula is C5H6N2O. The van der Waals surface area contributed by atoms with Crippen LogP contribution in [0.25, 0.3) is 0 Å². The van der Waals surface area contributed by atoms with Gasteiger partial charge in [0.2, 0.25) is 0 Å². The molecule has 0 bridgehead atoms. The SMILES string of the molecule is c1cncco[nH]c1. The summed E-state index contributed by atoms with van der Waals surface area (Å²) in [5.74, 6) is 0. The van der Waals surface area contributed by atoms with Gasteiger partial charge in [-0.2, -0.15) is 0 Å². The highest BCUT2D eigenvalue weighted by atomic mass is 16.4. The first-order valence-corrected chi connectivity index (χ1v) is 2.24. The van der Waals surface area contributed by atoms with E-state index in [0.29, 0.717) is 0 Å². The summed E-state index contributed by atoms with van der Waals surface area (Å²) in [4.78, 5) is 3.77. The molecule has 0 aromatic carbocycles. The van der Waals surface area contributed by atoms with E-state index >= 15 is 0 Å². The lowest BCUT2D eigenvalue weighted by Gasteiger charge is -1.74. The van der Waals surface area contributed by atoms with Gasteiger partial charge in [0, 0.05) is 12.4 Å². The van der Waals surface area contributed by atoms with Gasteiger partial charge in [-0.1, -0.05) is 0 Å². The first-order chi connectivity index (χ1) is 4.00. The molecule has 1 heterocycles. The molecule has 0 unspecified atom stereocenters. The molecule has 3 nitrogen and oxygen atoms in total. The molecule has 0 aliphatic heterocycles. The minimum Gasteiger partial charge on any atom is -0.389 e. The van der Waals surface area contributed by atoms with Gasteiger partial charge in [-0.15, -0.1) is 0 Å². The molecule has 3 heteroatoms. The maximum atomic E-state index is 4.64. The van der Waals surface area contributed by atoms with Gasteiger partial charge in [-0.25, -0.2) is 5.16 Å². The second kappa shape index (κ2) is 2.85. The van der Waals surface area contributed by atoms with Crippen molar-refractivity contribution in [2.75, 3.05) is 0 Å². The van der Waals surface area contributed by atoms with E-state index in [9.17, 15) is 0 Å². The van der Waals surface area contributed by atoms with E-state index in [0.717, 1.165) is 0 Å². The van der Waals surface area contributed by atoms with Gasteiger partial charge < -0.3 is 4.52 Å². The smallest absolute Gasteiger partial charge is 0.137 e. The lowest BCUT2D eigenvalue weighted by molar-refractivity contribution is 0.402. The molecule has 1 aromatic rings. The van der Waals surface area contributed by atoms with E-state index < -0.39 is 0 Å². The topological polar surface area (TPSA) is 41.8 Å². The van der Waals surface area contributed by atoms with Crippen LogP contribution in [0.3, 0.4) is 0 Å². The maximum absolute atomic E-state index is 4.64. The Morgan fingerprint density at radius 1 is 1.38 bits per heavy atom. The number of aromatic nitrogens is 2. The van der Waals surface area contributed by atoms with Crippen LogP contribution < -0.4 is 0 Å². The second-order valence-electron chi connectivity index (χ2n) is 1.18. The van der Waals surface area contributed by atoms with Crippen molar-refractivity contribution in [3.05, 3.63) is 30.9 Å². The van der Waals surface area contributed by atoms with Crippen LogP contribution in [-0.4, -0.2) is 10.1 Å². The largest absolute Gasteiger partial charge is 0.389 e. The molecule has 0 saturated heterocycles. The summed E-state index contributed by atoms with van der Waals surface area (Å²) in [7, 11) is 0. The summed E-state index contributed by atoms with van der Waals surface area (Å²) in [6.45, 7) is 0. The average Bonchev–Trinajstić information content (AvgIpc) is 1.62. The van der Waals surface area contributed by atoms with Crippen LogP contribution in [0.5, 0.6) is 0 Å². The minimum atomic E-state index is 1.46. The van der Waals surface area contributed by atoms with Gasteiger partial charge in [-0.05, 0) is 6.07 Å². The fraction of sp³-hybridized carbons (Fsp3) is 0. The first-order valence-electron chi connectivity index (χ1n) is 2.24. The van der Waals surface area contributed by atoms with Crippen molar-refractivity contribution in [1.29, 1.82) is 0 Å². The Morgan fingerprint density at radius 2 is 2.38 bits per heavy atom. The van der Waals surface area contributed by atoms with Crippen molar-refractivity contribution in [2.24, 2.45) is 0 Å². The third-order valence-electron chi connectivity index (χ3n) is 0.619. The van der Waals surface area contributed by atoms with Crippen LogP contribution in [-0.2, 0) is 0 Å². The van der Waals surface area contributed by atoms with Crippen LogP contribution in [0.4, 0.5) is 0 Å². The molecule has 0 spiro atoms. The summed E-state index contributed by atoms with van der Waals surface area (Å²) in [6, 6.07) is 1.74. The van der Waals surface area contributed by atoms with Gasteiger partial charge >= 0.3 is 0 Å². The van der Waals surface area contributed by atoms with E-state index in [2.05, 4.69) is 14.7 Å². The zero-order chi connectivity index (χ0) is 5.66. The molecule has 0 atom stereocenters. The van der Waals surface area contributed by atoms with E-state index in [1.807, 2.05) is 0 Å². The predicted octanol–water partition coefficient (Wildman–Crippen LogP) is 1.13. The first kappa shape index (κ1) is 4.90. The van der Waals surface area contributed by atoms with Crippen LogP contribution >= 0.6 is 0 Å². The van der Waals surface area contributed by atoms with Gasteiger partial charge in [0.15, 0.2) is 0 Å². The molecular weight excluding hydrogens is 104 g/mol. The summed E-state index contributed by atoms with van der Waals surface area (Å²) < 4.78 is 4.64. The zero-order valence-corrected chi connectivity index (χ0v) is 4.24. The van der Waals surface area contributed by atoms with Crippen LogP contribution in [0, 0.1) is 0 Å². The van der Waals surface area contributed by atoms with Gasteiger partial charge in [-0.3, -0.25) is 4.98 Å². The molecule has 1 rings (SSSR count). The molecule has 0 aliphatic rings. The molecule has 8 heavy (non-hydrogen) atoms. The molecule has 0 aliphatic carbocycles. The lowest BCUT2D eigenvalue weighted by atomic mass is 10.7.